The van der Waals surface area contributed by atoms with Gasteiger partial charge in [-0.1, -0.05) is 46.6 Å². The number of hydrogen-bond acceptors (Lipinski definition) is 2. The maximum atomic E-state index is 6.31. The molecule has 102 valence electrons. The van der Waals surface area contributed by atoms with Crippen molar-refractivity contribution in [3.05, 3.63) is 55.6 Å². The van der Waals surface area contributed by atoms with Gasteiger partial charge in [0.25, 0.3) is 0 Å². The molecule has 0 radical (unpaired) electrons. The summed E-state index contributed by atoms with van der Waals surface area (Å²) in [5.41, 5.74) is 1.19. The first-order valence-corrected chi connectivity index (χ1v) is 8.46. The van der Waals surface area contributed by atoms with E-state index in [1.807, 2.05) is 12.1 Å². The van der Waals surface area contributed by atoms with E-state index in [0.717, 1.165) is 28.9 Å². The van der Waals surface area contributed by atoms with Gasteiger partial charge in [0.2, 0.25) is 0 Å². The van der Waals surface area contributed by atoms with Gasteiger partial charge < -0.3 is 5.32 Å². The zero-order chi connectivity index (χ0) is 13.7. The molecule has 1 atom stereocenters. The van der Waals surface area contributed by atoms with Crippen LogP contribution in [0.1, 0.15) is 29.8 Å². The Bertz CT molecular complexity index is 513. The maximum absolute atomic E-state index is 6.31. The van der Waals surface area contributed by atoms with Gasteiger partial charge in [-0.2, -0.15) is 0 Å². The van der Waals surface area contributed by atoms with Crippen molar-refractivity contribution in [2.75, 3.05) is 6.54 Å². The van der Waals surface area contributed by atoms with E-state index in [1.165, 1.54) is 10.4 Å². The molecule has 2 aromatic rings. The minimum Gasteiger partial charge on any atom is -0.309 e. The summed E-state index contributed by atoms with van der Waals surface area (Å²) in [6, 6.07) is 10.7. The molecular weight excluding hydrogens is 342 g/mol. The minimum absolute atomic E-state index is 0.346. The van der Waals surface area contributed by atoms with Crippen LogP contribution < -0.4 is 5.32 Å². The first kappa shape index (κ1) is 15.0. The molecule has 1 aromatic heterocycles. The molecule has 1 heterocycles. The van der Waals surface area contributed by atoms with Crippen molar-refractivity contribution in [3.8, 4) is 0 Å². The number of halogens is 2. The first-order chi connectivity index (χ1) is 9.20. The van der Waals surface area contributed by atoms with E-state index >= 15 is 0 Å². The van der Waals surface area contributed by atoms with Gasteiger partial charge in [-0.15, -0.1) is 11.3 Å². The van der Waals surface area contributed by atoms with E-state index in [-0.39, 0.29) is 0 Å². The Hall–Kier alpha value is -0.350. The maximum Gasteiger partial charge on any atom is 0.0456 e. The molecule has 1 aromatic carbocycles. The van der Waals surface area contributed by atoms with Crippen LogP contribution in [0.15, 0.2) is 40.2 Å². The quantitative estimate of drug-likeness (QED) is 0.724. The summed E-state index contributed by atoms with van der Waals surface area (Å²) in [4.78, 5) is 1.37. The number of hydrogen-bond donors (Lipinski definition) is 1. The zero-order valence-corrected chi connectivity index (χ0v) is 14.0. The van der Waals surface area contributed by atoms with Gasteiger partial charge in [0.05, 0.1) is 0 Å². The summed E-state index contributed by atoms with van der Waals surface area (Å²) < 4.78 is 1.02. The number of thiophene rings is 1. The van der Waals surface area contributed by atoms with Crippen LogP contribution in [-0.4, -0.2) is 6.54 Å². The predicted molar refractivity (Wildman–Crippen MR) is 88.2 cm³/mol. The highest BCUT2D eigenvalue weighted by atomic mass is 79.9. The van der Waals surface area contributed by atoms with Crippen LogP contribution in [0.25, 0.3) is 0 Å². The zero-order valence-electron chi connectivity index (χ0n) is 10.8. The van der Waals surface area contributed by atoms with Gasteiger partial charge in [0.1, 0.15) is 0 Å². The van der Waals surface area contributed by atoms with Crippen molar-refractivity contribution < 1.29 is 0 Å². The largest absolute Gasteiger partial charge is 0.309 e. The molecule has 0 saturated heterocycles. The van der Waals surface area contributed by atoms with Crippen LogP contribution in [0.3, 0.4) is 0 Å². The molecule has 0 aliphatic heterocycles. The molecule has 0 saturated carbocycles. The Morgan fingerprint density at radius 3 is 2.84 bits per heavy atom. The molecule has 0 aliphatic carbocycles. The molecule has 19 heavy (non-hydrogen) atoms. The number of rotatable bonds is 6. The second kappa shape index (κ2) is 7.44. The standard InChI is InChI=1S/C15H17BrClNS/c1-2-7-18-14(15-4-3-8-19-15)9-11-5-6-12(16)10-13(11)17/h3-6,8,10,14,18H,2,7,9H2,1H3. The molecule has 1 unspecified atom stereocenters. The molecule has 2 rings (SSSR count). The Labute approximate surface area is 132 Å². The molecular formula is C15H17BrClNS. The molecule has 0 amide bonds. The highest BCUT2D eigenvalue weighted by molar-refractivity contribution is 9.10. The highest BCUT2D eigenvalue weighted by Gasteiger charge is 2.14. The van der Waals surface area contributed by atoms with Crippen LogP contribution in [0.5, 0.6) is 0 Å². The lowest BCUT2D eigenvalue weighted by Crippen LogP contribution is -2.23. The second-order valence-electron chi connectivity index (χ2n) is 4.46. The topological polar surface area (TPSA) is 12.0 Å². The van der Waals surface area contributed by atoms with Crippen LogP contribution in [-0.2, 0) is 6.42 Å². The van der Waals surface area contributed by atoms with E-state index < -0.39 is 0 Å². The van der Waals surface area contributed by atoms with Gasteiger partial charge in [-0.3, -0.25) is 0 Å². The average Bonchev–Trinajstić information content (AvgIpc) is 2.90. The average molecular weight is 359 g/mol. The Kier molecular flexibility index (Phi) is 5.89. The Balaban J connectivity index is 2.15. The third kappa shape index (κ3) is 4.32. The number of benzene rings is 1. The van der Waals surface area contributed by atoms with Crippen molar-refractivity contribution in [2.45, 2.75) is 25.8 Å². The van der Waals surface area contributed by atoms with Gasteiger partial charge in [0, 0.05) is 20.4 Å². The summed E-state index contributed by atoms with van der Waals surface area (Å²) in [7, 11) is 0. The Morgan fingerprint density at radius 2 is 2.21 bits per heavy atom. The molecule has 1 nitrogen and oxygen atoms in total. The van der Waals surface area contributed by atoms with E-state index in [2.05, 4.69) is 51.7 Å². The SMILES string of the molecule is CCCNC(Cc1ccc(Br)cc1Cl)c1cccs1. The Morgan fingerprint density at radius 1 is 1.37 bits per heavy atom. The van der Waals surface area contributed by atoms with Crippen molar-refractivity contribution in [1.29, 1.82) is 0 Å². The second-order valence-corrected chi connectivity index (χ2v) is 6.76. The minimum atomic E-state index is 0.346. The molecule has 1 N–H and O–H groups in total. The lowest BCUT2D eigenvalue weighted by molar-refractivity contribution is 0.536. The fraction of sp³-hybridized carbons (Fsp3) is 0.333. The summed E-state index contributed by atoms with van der Waals surface area (Å²) in [6.45, 7) is 3.21. The summed E-state index contributed by atoms with van der Waals surface area (Å²) in [5.74, 6) is 0. The lowest BCUT2D eigenvalue weighted by Gasteiger charge is -2.18. The third-order valence-corrected chi connectivity index (χ3v) is 4.80. The summed E-state index contributed by atoms with van der Waals surface area (Å²) in [6.07, 6.45) is 2.06. The lowest BCUT2D eigenvalue weighted by atomic mass is 10.0. The summed E-state index contributed by atoms with van der Waals surface area (Å²) in [5, 5.41) is 6.55. The van der Waals surface area contributed by atoms with Crippen LogP contribution in [0.4, 0.5) is 0 Å². The van der Waals surface area contributed by atoms with Crippen molar-refractivity contribution in [1.82, 2.24) is 5.32 Å². The number of nitrogens with one attached hydrogen (secondary N) is 1. The van der Waals surface area contributed by atoms with E-state index in [4.69, 9.17) is 11.6 Å². The fourth-order valence-electron chi connectivity index (χ4n) is 1.99. The van der Waals surface area contributed by atoms with E-state index in [9.17, 15) is 0 Å². The van der Waals surface area contributed by atoms with Gasteiger partial charge in [-0.25, -0.2) is 0 Å². The smallest absolute Gasteiger partial charge is 0.0456 e. The van der Waals surface area contributed by atoms with E-state index in [1.54, 1.807) is 11.3 Å². The fourth-order valence-corrected chi connectivity index (χ4v) is 3.54. The van der Waals surface area contributed by atoms with Crippen LogP contribution >= 0.6 is 38.9 Å². The molecule has 0 bridgehead atoms. The van der Waals surface area contributed by atoms with E-state index in [0.29, 0.717) is 6.04 Å². The normalized spacial score (nSPS) is 12.6. The van der Waals surface area contributed by atoms with Crippen molar-refractivity contribution in [3.63, 3.8) is 0 Å². The molecule has 4 heteroatoms. The predicted octanol–water partition coefficient (Wildman–Crippen LogP) is 5.45. The molecule has 0 spiro atoms. The van der Waals surface area contributed by atoms with Gasteiger partial charge in [-0.05, 0) is 48.5 Å². The van der Waals surface area contributed by atoms with Crippen molar-refractivity contribution >= 4 is 38.9 Å². The molecule has 0 aliphatic rings. The summed E-state index contributed by atoms with van der Waals surface area (Å²) >= 11 is 11.6. The van der Waals surface area contributed by atoms with Crippen LogP contribution in [0.2, 0.25) is 5.02 Å². The third-order valence-electron chi connectivity index (χ3n) is 2.97. The van der Waals surface area contributed by atoms with Crippen LogP contribution in [0, 0.1) is 0 Å². The van der Waals surface area contributed by atoms with Crippen molar-refractivity contribution in [2.24, 2.45) is 0 Å². The molecule has 0 fully saturated rings. The van der Waals surface area contributed by atoms with Gasteiger partial charge in [0.15, 0.2) is 0 Å². The monoisotopic (exact) mass is 357 g/mol. The van der Waals surface area contributed by atoms with Gasteiger partial charge >= 0.3 is 0 Å². The highest BCUT2D eigenvalue weighted by Crippen LogP contribution is 2.28. The first-order valence-electron chi connectivity index (χ1n) is 6.41.